The molecule has 1 heterocycles. The maximum Gasteiger partial charge on any atom is 0.270 e. The summed E-state index contributed by atoms with van der Waals surface area (Å²) in [5, 5.41) is 3.23. The lowest BCUT2D eigenvalue weighted by Crippen LogP contribution is -2.27. The minimum absolute atomic E-state index is 0.123. The van der Waals surface area contributed by atoms with E-state index < -0.39 is 0 Å². The molecule has 0 aromatic carbocycles. The third-order valence-electron chi connectivity index (χ3n) is 2.53. The fourth-order valence-corrected chi connectivity index (χ4v) is 1.53. The summed E-state index contributed by atoms with van der Waals surface area (Å²) in [5.74, 6) is 0.551. The molecular weight excluding hydrogens is 212 g/mol. The number of amides is 1. The van der Waals surface area contributed by atoms with Gasteiger partial charge in [-0.2, -0.15) is 0 Å². The number of aryl methyl sites for hydroxylation is 1. The number of hydrogen-bond donors (Lipinski definition) is 1. The van der Waals surface area contributed by atoms with Gasteiger partial charge >= 0.3 is 0 Å². The molecule has 1 aliphatic carbocycles. The van der Waals surface area contributed by atoms with Crippen LogP contribution in [0.3, 0.4) is 0 Å². The molecule has 1 saturated carbocycles. The molecule has 1 amide bonds. The van der Waals surface area contributed by atoms with E-state index in [-0.39, 0.29) is 5.91 Å². The van der Waals surface area contributed by atoms with Crippen LogP contribution in [0.15, 0.2) is 12.1 Å². The Balaban J connectivity index is 2.05. The average molecular weight is 225 g/mol. The highest BCUT2D eigenvalue weighted by Gasteiger charge is 2.22. The van der Waals surface area contributed by atoms with Crippen molar-refractivity contribution in [1.82, 2.24) is 10.3 Å². The fraction of sp³-hybridized carbons (Fsp3) is 0.455. The van der Waals surface area contributed by atoms with Crippen molar-refractivity contribution in [2.45, 2.75) is 19.8 Å². The Morgan fingerprint density at radius 3 is 3.00 bits per heavy atom. The summed E-state index contributed by atoms with van der Waals surface area (Å²) in [7, 11) is 0. The summed E-state index contributed by atoms with van der Waals surface area (Å²) in [4.78, 5) is 15.7. The minimum Gasteiger partial charge on any atom is -0.350 e. The number of halogens is 1. The molecule has 1 fully saturated rings. The maximum absolute atomic E-state index is 11.7. The Hall–Kier alpha value is -1.09. The fourth-order valence-electron chi connectivity index (χ4n) is 1.38. The third-order valence-corrected chi connectivity index (χ3v) is 2.74. The Morgan fingerprint density at radius 1 is 1.60 bits per heavy atom. The zero-order valence-electron chi connectivity index (χ0n) is 8.59. The van der Waals surface area contributed by atoms with Gasteiger partial charge in [-0.15, -0.1) is 0 Å². The monoisotopic (exact) mass is 224 g/mol. The van der Waals surface area contributed by atoms with Crippen molar-refractivity contribution in [3.05, 3.63) is 28.5 Å². The van der Waals surface area contributed by atoms with Crippen molar-refractivity contribution in [2.75, 3.05) is 6.54 Å². The largest absolute Gasteiger partial charge is 0.350 e. The van der Waals surface area contributed by atoms with E-state index in [4.69, 9.17) is 11.6 Å². The number of carbonyl (C=O) groups excluding carboxylic acids is 1. The molecule has 0 spiro atoms. The van der Waals surface area contributed by atoms with Crippen LogP contribution in [-0.2, 0) is 0 Å². The Labute approximate surface area is 93.8 Å². The predicted octanol–water partition coefficient (Wildman–Crippen LogP) is 2.18. The Kier molecular flexibility index (Phi) is 2.91. The number of hydrogen-bond acceptors (Lipinski definition) is 2. The molecule has 1 N–H and O–H groups in total. The van der Waals surface area contributed by atoms with Gasteiger partial charge in [-0.05, 0) is 37.3 Å². The molecule has 4 heteroatoms. The van der Waals surface area contributed by atoms with E-state index in [1.165, 1.54) is 12.8 Å². The second kappa shape index (κ2) is 4.19. The van der Waals surface area contributed by atoms with E-state index in [0.29, 0.717) is 16.8 Å². The van der Waals surface area contributed by atoms with E-state index in [0.717, 1.165) is 12.1 Å². The highest BCUT2D eigenvalue weighted by atomic mass is 35.5. The molecule has 0 radical (unpaired) electrons. The van der Waals surface area contributed by atoms with Crippen molar-refractivity contribution < 1.29 is 4.79 Å². The van der Waals surface area contributed by atoms with Gasteiger partial charge in [0.15, 0.2) is 0 Å². The molecule has 3 nitrogen and oxygen atoms in total. The minimum atomic E-state index is -0.123. The van der Waals surface area contributed by atoms with Crippen molar-refractivity contribution in [2.24, 2.45) is 5.92 Å². The van der Waals surface area contributed by atoms with Gasteiger partial charge in [0.25, 0.3) is 5.91 Å². The average Bonchev–Trinajstić information content (AvgIpc) is 3.02. The highest BCUT2D eigenvalue weighted by Crippen LogP contribution is 2.27. The molecule has 15 heavy (non-hydrogen) atoms. The molecule has 1 aromatic rings. The molecule has 0 unspecified atom stereocenters. The van der Waals surface area contributed by atoms with Crippen LogP contribution in [0.25, 0.3) is 0 Å². The lowest BCUT2D eigenvalue weighted by molar-refractivity contribution is 0.0946. The van der Waals surface area contributed by atoms with Crippen molar-refractivity contribution in [3.63, 3.8) is 0 Å². The van der Waals surface area contributed by atoms with E-state index in [1.807, 2.05) is 6.92 Å². The van der Waals surface area contributed by atoms with Gasteiger partial charge in [0, 0.05) is 6.54 Å². The van der Waals surface area contributed by atoms with E-state index in [2.05, 4.69) is 10.3 Å². The zero-order valence-corrected chi connectivity index (χ0v) is 9.34. The van der Waals surface area contributed by atoms with Crippen LogP contribution in [0.4, 0.5) is 0 Å². The molecule has 1 aliphatic rings. The highest BCUT2D eigenvalue weighted by molar-refractivity contribution is 6.29. The van der Waals surface area contributed by atoms with Gasteiger partial charge in [-0.25, -0.2) is 4.98 Å². The number of carbonyl (C=O) groups is 1. The van der Waals surface area contributed by atoms with Gasteiger partial charge < -0.3 is 5.32 Å². The van der Waals surface area contributed by atoms with Gasteiger partial charge in [0.2, 0.25) is 0 Å². The summed E-state index contributed by atoms with van der Waals surface area (Å²) in [5.41, 5.74) is 1.29. The maximum atomic E-state index is 11.7. The zero-order chi connectivity index (χ0) is 10.8. The summed E-state index contributed by atoms with van der Waals surface area (Å²) in [6.07, 6.45) is 2.45. The third kappa shape index (κ3) is 2.69. The molecule has 80 valence electrons. The summed E-state index contributed by atoms with van der Waals surface area (Å²) >= 11 is 5.74. The molecule has 0 bridgehead atoms. The number of nitrogens with one attached hydrogen (secondary N) is 1. The molecule has 2 rings (SSSR count). The first kappa shape index (κ1) is 10.4. The van der Waals surface area contributed by atoms with E-state index in [1.54, 1.807) is 12.1 Å². The smallest absolute Gasteiger partial charge is 0.270 e. The summed E-state index contributed by atoms with van der Waals surface area (Å²) in [6, 6.07) is 3.50. The lowest BCUT2D eigenvalue weighted by atomic mass is 10.2. The second-order valence-corrected chi connectivity index (χ2v) is 4.34. The van der Waals surface area contributed by atoms with Gasteiger partial charge in [0.1, 0.15) is 10.8 Å². The van der Waals surface area contributed by atoms with Crippen LogP contribution >= 0.6 is 11.6 Å². The SMILES string of the molecule is Cc1ccc(Cl)nc1C(=O)NCC1CC1. The number of nitrogens with zero attached hydrogens (tertiary/aromatic N) is 1. The second-order valence-electron chi connectivity index (χ2n) is 3.95. The normalized spacial score (nSPS) is 15.1. The molecule has 0 aliphatic heterocycles. The lowest BCUT2D eigenvalue weighted by Gasteiger charge is -2.06. The van der Waals surface area contributed by atoms with Gasteiger partial charge in [-0.3, -0.25) is 4.79 Å². The standard InChI is InChI=1S/C11H13ClN2O/c1-7-2-5-9(12)14-10(7)11(15)13-6-8-3-4-8/h2,5,8H,3-4,6H2,1H3,(H,13,15). The number of aromatic nitrogens is 1. The first-order valence-electron chi connectivity index (χ1n) is 5.08. The molecule has 0 atom stereocenters. The van der Waals surface area contributed by atoms with Crippen molar-refractivity contribution in [1.29, 1.82) is 0 Å². The quantitative estimate of drug-likeness (QED) is 0.800. The van der Waals surface area contributed by atoms with Gasteiger partial charge in [0.05, 0.1) is 0 Å². The topological polar surface area (TPSA) is 42.0 Å². The Morgan fingerprint density at radius 2 is 2.33 bits per heavy atom. The van der Waals surface area contributed by atoms with Crippen LogP contribution in [-0.4, -0.2) is 17.4 Å². The molecule has 1 aromatic heterocycles. The van der Waals surface area contributed by atoms with Crippen LogP contribution < -0.4 is 5.32 Å². The summed E-state index contributed by atoms with van der Waals surface area (Å²) in [6.45, 7) is 2.61. The Bertz CT molecular complexity index is 388. The van der Waals surface area contributed by atoms with Crippen LogP contribution in [0.1, 0.15) is 28.9 Å². The van der Waals surface area contributed by atoms with Crippen molar-refractivity contribution in [3.8, 4) is 0 Å². The first-order valence-corrected chi connectivity index (χ1v) is 5.46. The summed E-state index contributed by atoms with van der Waals surface area (Å²) < 4.78 is 0. The number of rotatable bonds is 3. The van der Waals surface area contributed by atoms with E-state index >= 15 is 0 Å². The van der Waals surface area contributed by atoms with E-state index in [9.17, 15) is 4.79 Å². The van der Waals surface area contributed by atoms with Crippen LogP contribution in [0.2, 0.25) is 5.15 Å². The molecule has 0 saturated heterocycles. The van der Waals surface area contributed by atoms with Crippen LogP contribution in [0.5, 0.6) is 0 Å². The van der Waals surface area contributed by atoms with Gasteiger partial charge in [-0.1, -0.05) is 17.7 Å². The predicted molar refractivity (Wildman–Crippen MR) is 59.0 cm³/mol. The number of pyridine rings is 1. The first-order chi connectivity index (χ1) is 7.16. The van der Waals surface area contributed by atoms with Crippen molar-refractivity contribution >= 4 is 17.5 Å². The molecular formula is C11H13ClN2O. The van der Waals surface area contributed by atoms with Crippen LogP contribution in [0, 0.1) is 12.8 Å².